The van der Waals surface area contributed by atoms with Gasteiger partial charge in [0.15, 0.2) is 5.69 Å². The van der Waals surface area contributed by atoms with Crippen LogP contribution in [-0.2, 0) is 11.2 Å². The number of carbonyl (C=O) groups excluding carboxylic acids is 1. The molecule has 1 aromatic rings. The maximum atomic E-state index is 11.7. The largest absolute Gasteiger partial charge is 0.476 e. The fourth-order valence-electron chi connectivity index (χ4n) is 2.02. The zero-order valence-corrected chi connectivity index (χ0v) is 11.3. The van der Waals surface area contributed by atoms with Crippen LogP contribution in [0.3, 0.4) is 0 Å². The quantitative estimate of drug-likeness (QED) is 0.715. The molecule has 104 valence electrons. The number of carbonyl (C=O) groups is 2. The van der Waals surface area contributed by atoms with Crippen LogP contribution in [0.5, 0.6) is 0 Å². The Balaban J connectivity index is 1.70. The van der Waals surface area contributed by atoms with E-state index in [2.05, 4.69) is 10.3 Å². The second kappa shape index (κ2) is 5.66. The number of thiazole rings is 1. The maximum absolute atomic E-state index is 11.7. The van der Waals surface area contributed by atoms with E-state index in [1.807, 2.05) is 0 Å². The molecule has 0 radical (unpaired) electrons. The number of carboxylic acid groups (broad SMARTS) is 1. The monoisotopic (exact) mass is 283 g/mol. The molecule has 0 atom stereocenters. The Bertz CT molecular complexity index is 482. The molecule has 0 saturated heterocycles. The molecule has 2 rings (SSSR count). The molecule has 6 nitrogen and oxygen atoms in total. The van der Waals surface area contributed by atoms with Crippen LogP contribution in [0, 0.1) is 0 Å². The summed E-state index contributed by atoms with van der Waals surface area (Å²) in [5.74, 6) is -1.07. The molecule has 0 unspecified atom stereocenters. The number of nitrogens with two attached hydrogens (primary N) is 1. The second-order valence-electron chi connectivity index (χ2n) is 4.92. The maximum Gasteiger partial charge on any atom is 0.355 e. The molecule has 1 amide bonds. The molecule has 1 aliphatic rings. The molecule has 1 aliphatic carbocycles. The van der Waals surface area contributed by atoms with Gasteiger partial charge < -0.3 is 16.2 Å². The van der Waals surface area contributed by atoms with E-state index in [9.17, 15) is 9.59 Å². The highest BCUT2D eigenvalue weighted by Gasteiger charge is 2.34. The van der Waals surface area contributed by atoms with E-state index in [4.69, 9.17) is 10.8 Å². The summed E-state index contributed by atoms with van der Waals surface area (Å²) in [5, 5.41) is 13.7. The fraction of sp³-hybridized carbons (Fsp3) is 0.583. The summed E-state index contributed by atoms with van der Waals surface area (Å²) in [5.41, 5.74) is 5.74. The van der Waals surface area contributed by atoms with Crippen molar-refractivity contribution >= 4 is 23.2 Å². The van der Waals surface area contributed by atoms with E-state index in [0.29, 0.717) is 24.4 Å². The number of nitrogens with one attached hydrogen (secondary N) is 1. The van der Waals surface area contributed by atoms with Crippen molar-refractivity contribution in [2.24, 2.45) is 5.73 Å². The molecule has 1 heterocycles. The van der Waals surface area contributed by atoms with Crippen LogP contribution >= 0.6 is 11.3 Å². The van der Waals surface area contributed by atoms with E-state index < -0.39 is 5.97 Å². The van der Waals surface area contributed by atoms with Crippen molar-refractivity contribution in [1.82, 2.24) is 10.3 Å². The van der Waals surface area contributed by atoms with Gasteiger partial charge in [0, 0.05) is 30.3 Å². The Labute approximate surface area is 115 Å². The van der Waals surface area contributed by atoms with Gasteiger partial charge in [0.25, 0.3) is 0 Å². The lowest BCUT2D eigenvalue weighted by atomic mass is 9.75. The van der Waals surface area contributed by atoms with Gasteiger partial charge in [-0.15, -0.1) is 11.3 Å². The first-order chi connectivity index (χ1) is 8.98. The first kappa shape index (κ1) is 14.0. The van der Waals surface area contributed by atoms with Gasteiger partial charge in [0.1, 0.15) is 0 Å². The second-order valence-corrected chi connectivity index (χ2v) is 5.87. The lowest BCUT2D eigenvalue weighted by molar-refractivity contribution is -0.122. The zero-order chi connectivity index (χ0) is 13.9. The zero-order valence-electron chi connectivity index (χ0n) is 10.5. The van der Waals surface area contributed by atoms with Crippen molar-refractivity contribution in [1.29, 1.82) is 0 Å². The topological polar surface area (TPSA) is 105 Å². The van der Waals surface area contributed by atoms with Crippen molar-refractivity contribution in [3.63, 3.8) is 0 Å². The van der Waals surface area contributed by atoms with Crippen LogP contribution < -0.4 is 11.1 Å². The first-order valence-electron chi connectivity index (χ1n) is 6.22. The van der Waals surface area contributed by atoms with E-state index >= 15 is 0 Å². The van der Waals surface area contributed by atoms with Crippen molar-refractivity contribution in [2.75, 3.05) is 6.54 Å². The van der Waals surface area contributed by atoms with Gasteiger partial charge >= 0.3 is 5.97 Å². The number of carboxylic acids is 1. The Morgan fingerprint density at radius 1 is 1.53 bits per heavy atom. The standard InChI is InChI=1S/C12H17N3O3S/c13-12(3-1-4-12)6-9(16)14-5-2-10-15-8(7-19-10)11(17)18/h7H,1-6,13H2,(H,14,16)(H,17,18). The van der Waals surface area contributed by atoms with Crippen molar-refractivity contribution in [3.05, 3.63) is 16.1 Å². The van der Waals surface area contributed by atoms with Crippen LogP contribution in [0.2, 0.25) is 0 Å². The predicted octanol–water partition coefficient (Wildman–Crippen LogP) is 0.771. The summed E-state index contributed by atoms with van der Waals surface area (Å²) < 4.78 is 0. The molecule has 19 heavy (non-hydrogen) atoms. The minimum Gasteiger partial charge on any atom is -0.476 e. The van der Waals surface area contributed by atoms with Crippen LogP contribution in [0.4, 0.5) is 0 Å². The van der Waals surface area contributed by atoms with Gasteiger partial charge in [-0.1, -0.05) is 0 Å². The summed E-state index contributed by atoms with van der Waals surface area (Å²) in [6.45, 7) is 0.460. The Morgan fingerprint density at radius 2 is 2.26 bits per heavy atom. The van der Waals surface area contributed by atoms with Crippen LogP contribution in [0.15, 0.2) is 5.38 Å². The van der Waals surface area contributed by atoms with Crippen LogP contribution in [-0.4, -0.2) is 34.1 Å². The molecule has 1 aromatic heterocycles. The van der Waals surface area contributed by atoms with Crippen molar-refractivity contribution < 1.29 is 14.7 Å². The molecule has 1 saturated carbocycles. The van der Waals surface area contributed by atoms with Gasteiger partial charge in [0.05, 0.1) is 5.01 Å². The van der Waals surface area contributed by atoms with Crippen molar-refractivity contribution in [3.8, 4) is 0 Å². The van der Waals surface area contributed by atoms with Gasteiger partial charge in [-0.25, -0.2) is 9.78 Å². The van der Waals surface area contributed by atoms with Crippen LogP contribution in [0.1, 0.15) is 41.2 Å². The Kier molecular flexibility index (Phi) is 4.16. The highest BCUT2D eigenvalue weighted by atomic mass is 32.1. The normalized spacial score (nSPS) is 16.7. The number of amides is 1. The molecule has 0 aromatic carbocycles. The number of hydrogen-bond donors (Lipinski definition) is 3. The molecule has 0 aliphatic heterocycles. The van der Waals surface area contributed by atoms with Gasteiger partial charge in [0.2, 0.25) is 5.91 Å². The number of aromatic nitrogens is 1. The number of rotatable bonds is 6. The van der Waals surface area contributed by atoms with Gasteiger partial charge in [-0.3, -0.25) is 4.79 Å². The van der Waals surface area contributed by atoms with Gasteiger partial charge in [-0.05, 0) is 19.3 Å². The molecule has 0 bridgehead atoms. The average molecular weight is 283 g/mol. The third-order valence-corrected chi connectivity index (χ3v) is 4.20. The molecular formula is C12H17N3O3S. The Morgan fingerprint density at radius 3 is 2.79 bits per heavy atom. The predicted molar refractivity (Wildman–Crippen MR) is 71.2 cm³/mol. The molecule has 0 spiro atoms. The lowest BCUT2D eigenvalue weighted by Crippen LogP contribution is -2.50. The average Bonchev–Trinajstić information content (AvgIpc) is 2.76. The number of hydrogen-bond acceptors (Lipinski definition) is 5. The van der Waals surface area contributed by atoms with Crippen molar-refractivity contribution in [2.45, 2.75) is 37.6 Å². The third-order valence-electron chi connectivity index (χ3n) is 3.29. The third kappa shape index (κ3) is 3.74. The molecular weight excluding hydrogens is 266 g/mol. The van der Waals surface area contributed by atoms with Crippen LogP contribution in [0.25, 0.3) is 0 Å². The summed E-state index contributed by atoms with van der Waals surface area (Å²) >= 11 is 1.29. The van der Waals surface area contributed by atoms with E-state index in [0.717, 1.165) is 19.3 Å². The number of nitrogens with zero attached hydrogens (tertiary/aromatic N) is 1. The van der Waals surface area contributed by atoms with Gasteiger partial charge in [-0.2, -0.15) is 0 Å². The molecule has 1 fully saturated rings. The molecule has 4 N–H and O–H groups in total. The highest BCUT2D eigenvalue weighted by molar-refractivity contribution is 7.09. The van der Waals surface area contributed by atoms with E-state index in [1.54, 1.807) is 0 Å². The lowest BCUT2D eigenvalue weighted by Gasteiger charge is -2.37. The minimum atomic E-state index is -1.03. The summed E-state index contributed by atoms with van der Waals surface area (Å²) in [6.07, 6.45) is 3.83. The Hall–Kier alpha value is -1.47. The van der Waals surface area contributed by atoms with E-state index in [1.165, 1.54) is 16.7 Å². The fourth-order valence-corrected chi connectivity index (χ4v) is 2.79. The minimum absolute atomic E-state index is 0.0442. The number of aromatic carboxylic acids is 1. The smallest absolute Gasteiger partial charge is 0.355 e. The highest BCUT2D eigenvalue weighted by Crippen LogP contribution is 2.31. The molecule has 7 heteroatoms. The summed E-state index contributed by atoms with van der Waals surface area (Å²) in [7, 11) is 0. The summed E-state index contributed by atoms with van der Waals surface area (Å²) in [4.78, 5) is 26.3. The van der Waals surface area contributed by atoms with E-state index in [-0.39, 0.29) is 17.1 Å². The first-order valence-corrected chi connectivity index (χ1v) is 7.10. The SMILES string of the molecule is NC1(CC(=O)NCCc2nc(C(=O)O)cs2)CCC1. The summed E-state index contributed by atoms with van der Waals surface area (Å²) in [6, 6.07) is 0.